The molecule has 4 rings (SSSR count). The first-order chi connectivity index (χ1) is 12.6. The van der Waals surface area contributed by atoms with E-state index >= 15 is 0 Å². The summed E-state index contributed by atoms with van der Waals surface area (Å²) in [5, 5.41) is 13.2. The molecule has 0 spiro atoms. The quantitative estimate of drug-likeness (QED) is 0.390. The summed E-state index contributed by atoms with van der Waals surface area (Å²) in [6.45, 7) is 0.577. The minimum Gasteiger partial charge on any atom is -0.311 e. The fourth-order valence-electron chi connectivity index (χ4n) is 3.24. The van der Waals surface area contributed by atoms with Gasteiger partial charge in [0.25, 0.3) is 5.69 Å². The van der Waals surface area contributed by atoms with Crippen LogP contribution in [0, 0.1) is 10.1 Å². The van der Waals surface area contributed by atoms with E-state index in [1.165, 1.54) is 23.2 Å². The molecule has 0 aromatic heterocycles. The van der Waals surface area contributed by atoms with E-state index < -0.39 is 4.92 Å². The Morgan fingerprint density at radius 2 is 1.88 bits per heavy atom. The first kappa shape index (κ1) is 16.6. The number of non-ortho nitro benzene ring substituents is 1. The van der Waals surface area contributed by atoms with Crippen LogP contribution in [0.25, 0.3) is 10.8 Å². The lowest BCUT2D eigenvalue weighted by molar-refractivity contribution is -0.384. The van der Waals surface area contributed by atoms with Crippen molar-refractivity contribution < 1.29 is 9.72 Å². The Balaban J connectivity index is 1.47. The summed E-state index contributed by atoms with van der Waals surface area (Å²) in [4.78, 5) is 25.9. The van der Waals surface area contributed by atoms with Gasteiger partial charge >= 0.3 is 0 Å². The van der Waals surface area contributed by atoms with Gasteiger partial charge in [-0.2, -0.15) is 0 Å². The number of thioether (sulfide) groups is 1. The smallest absolute Gasteiger partial charge is 0.269 e. The highest BCUT2D eigenvalue weighted by Gasteiger charge is 2.26. The van der Waals surface area contributed by atoms with Gasteiger partial charge in [-0.1, -0.05) is 30.3 Å². The number of hydrogen-bond donors (Lipinski definition) is 0. The summed E-state index contributed by atoms with van der Waals surface area (Å²) in [5.74, 6) is 0.366. The fourth-order valence-corrected chi connectivity index (χ4v) is 4.06. The molecule has 0 unspecified atom stereocenters. The van der Waals surface area contributed by atoms with E-state index in [9.17, 15) is 14.9 Å². The standard InChI is InChI=1S/C20H16N2O3S/c23-20(13-26-18-7-5-14-3-1-2-4-15(14)12-18)21-10-9-16-11-17(22(24)25)6-8-19(16)21/h1-8,11-12H,9-10,13H2. The van der Waals surface area contributed by atoms with Crippen LogP contribution in [0.5, 0.6) is 0 Å². The Labute approximate surface area is 154 Å². The molecule has 1 heterocycles. The molecule has 1 aliphatic rings. The van der Waals surface area contributed by atoms with Crippen molar-refractivity contribution in [3.8, 4) is 0 Å². The van der Waals surface area contributed by atoms with Crippen LogP contribution in [0.1, 0.15) is 5.56 Å². The molecule has 0 N–H and O–H groups in total. The van der Waals surface area contributed by atoms with E-state index in [1.54, 1.807) is 17.0 Å². The lowest BCUT2D eigenvalue weighted by Crippen LogP contribution is -2.30. The van der Waals surface area contributed by atoms with Crippen LogP contribution in [-0.2, 0) is 11.2 Å². The summed E-state index contributed by atoms with van der Waals surface area (Å²) in [6.07, 6.45) is 0.656. The lowest BCUT2D eigenvalue weighted by atomic mass is 10.1. The number of anilines is 1. The van der Waals surface area contributed by atoms with E-state index in [-0.39, 0.29) is 11.6 Å². The van der Waals surface area contributed by atoms with Gasteiger partial charge in [0.1, 0.15) is 0 Å². The maximum Gasteiger partial charge on any atom is 0.269 e. The van der Waals surface area contributed by atoms with Crippen molar-refractivity contribution in [3.05, 3.63) is 76.3 Å². The second-order valence-corrected chi connectivity index (χ2v) is 7.21. The molecule has 130 valence electrons. The average Bonchev–Trinajstić information content (AvgIpc) is 3.09. The van der Waals surface area contributed by atoms with Gasteiger partial charge in [0, 0.05) is 29.3 Å². The zero-order valence-electron chi connectivity index (χ0n) is 13.9. The van der Waals surface area contributed by atoms with Crippen molar-refractivity contribution >= 4 is 39.8 Å². The Bertz CT molecular complexity index is 1020. The third kappa shape index (κ3) is 3.15. The predicted octanol–water partition coefficient (Wildman–Crippen LogP) is 4.43. The number of hydrogen-bond acceptors (Lipinski definition) is 4. The van der Waals surface area contributed by atoms with Gasteiger partial charge in [-0.05, 0) is 41.0 Å². The third-order valence-corrected chi connectivity index (χ3v) is 5.53. The monoisotopic (exact) mass is 364 g/mol. The lowest BCUT2D eigenvalue weighted by Gasteiger charge is -2.17. The molecule has 6 heteroatoms. The second kappa shape index (κ2) is 6.80. The van der Waals surface area contributed by atoms with Gasteiger partial charge in [-0.15, -0.1) is 11.8 Å². The molecule has 3 aromatic rings. The predicted molar refractivity (Wildman–Crippen MR) is 104 cm³/mol. The van der Waals surface area contributed by atoms with Crippen LogP contribution in [0.3, 0.4) is 0 Å². The van der Waals surface area contributed by atoms with Crippen LogP contribution in [0.4, 0.5) is 11.4 Å². The molecule has 0 bridgehead atoms. The maximum absolute atomic E-state index is 12.6. The molecule has 0 atom stereocenters. The molecule has 3 aromatic carbocycles. The highest BCUT2D eigenvalue weighted by Crippen LogP contribution is 2.32. The Morgan fingerprint density at radius 3 is 2.69 bits per heavy atom. The third-order valence-electron chi connectivity index (χ3n) is 4.55. The fraction of sp³-hybridized carbons (Fsp3) is 0.150. The minimum atomic E-state index is -0.402. The number of amides is 1. The molecule has 0 aliphatic carbocycles. The molecule has 0 saturated carbocycles. The SMILES string of the molecule is O=C(CSc1ccc2ccccc2c1)N1CCc2cc([N+](=O)[O-])ccc21. The van der Waals surface area contributed by atoms with E-state index in [2.05, 4.69) is 24.3 Å². The molecule has 1 amide bonds. The van der Waals surface area contributed by atoms with Gasteiger partial charge in [0.2, 0.25) is 5.91 Å². The summed E-state index contributed by atoms with van der Waals surface area (Å²) >= 11 is 1.51. The van der Waals surface area contributed by atoms with Gasteiger partial charge in [-0.25, -0.2) is 0 Å². The number of nitro groups is 1. The van der Waals surface area contributed by atoms with Gasteiger partial charge in [0.05, 0.1) is 10.7 Å². The van der Waals surface area contributed by atoms with Crippen molar-refractivity contribution in [2.24, 2.45) is 0 Å². The van der Waals surface area contributed by atoms with E-state index in [0.29, 0.717) is 18.7 Å². The summed E-state index contributed by atoms with van der Waals surface area (Å²) < 4.78 is 0. The zero-order valence-corrected chi connectivity index (χ0v) is 14.7. The van der Waals surface area contributed by atoms with Gasteiger partial charge in [-0.3, -0.25) is 14.9 Å². The zero-order chi connectivity index (χ0) is 18.1. The number of carbonyl (C=O) groups is 1. The average molecular weight is 364 g/mol. The van der Waals surface area contributed by atoms with Crippen molar-refractivity contribution in [1.82, 2.24) is 0 Å². The Kier molecular flexibility index (Phi) is 4.34. The summed E-state index contributed by atoms with van der Waals surface area (Å²) in [6, 6.07) is 19.0. The highest BCUT2D eigenvalue weighted by atomic mass is 32.2. The summed E-state index contributed by atoms with van der Waals surface area (Å²) in [5.41, 5.74) is 1.73. The van der Waals surface area contributed by atoms with Crippen molar-refractivity contribution in [1.29, 1.82) is 0 Å². The molecular formula is C20H16N2O3S. The van der Waals surface area contributed by atoms with E-state index in [4.69, 9.17) is 0 Å². The maximum atomic E-state index is 12.6. The molecule has 26 heavy (non-hydrogen) atoms. The second-order valence-electron chi connectivity index (χ2n) is 6.16. The van der Waals surface area contributed by atoms with Crippen LogP contribution in [0.2, 0.25) is 0 Å². The van der Waals surface area contributed by atoms with Crippen LogP contribution in [0.15, 0.2) is 65.6 Å². The van der Waals surface area contributed by atoms with E-state index in [0.717, 1.165) is 21.5 Å². The van der Waals surface area contributed by atoms with Crippen molar-refractivity contribution in [3.63, 3.8) is 0 Å². The molecule has 5 nitrogen and oxygen atoms in total. The van der Waals surface area contributed by atoms with Crippen molar-refractivity contribution in [2.75, 3.05) is 17.2 Å². The molecular weight excluding hydrogens is 348 g/mol. The minimum absolute atomic E-state index is 0.0239. The summed E-state index contributed by atoms with van der Waals surface area (Å²) in [7, 11) is 0. The molecule has 0 saturated heterocycles. The molecule has 0 radical (unpaired) electrons. The Hall–Kier alpha value is -2.86. The number of nitrogens with zero attached hydrogens (tertiary/aromatic N) is 2. The van der Waals surface area contributed by atoms with Gasteiger partial charge in [0.15, 0.2) is 0 Å². The number of benzene rings is 3. The number of nitro benzene ring substituents is 1. The number of rotatable bonds is 4. The first-order valence-corrected chi connectivity index (χ1v) is 9.30. The van der Waals surface area contributed by atoms with Crippen LogP contribution >= 0.6 is 11.8 Å². The topological polar surface area (TPSA) is 63.5 Å². The molecule has 1 aliphatic heterocycles. The van der Waals surface area contributed by atoms with Crippen LogP contribution < -0.4 is 4.90 Å². The number of carbonyl (C=O) groups excluding carboxylic acids is 1. The van der Waals surface area contributed by atoms with Crippen molar-refractivity contribution in [2.45, 2.75) is 11.3 Å². The number of fused-ring (bicyclic) bond motifs is 2. The first-order valence-electron chi connectivity index (χ1n) is 8.31. The normalized spacial score (nSPS) is 13.0. The van der Waals surface area contributed by atoms with E-state index in [1.807, 2.05) is 18.2 Å². The van der Waals surface area contributed by atoms with Crippen LogP contribution in [-0.4, -0.2) is 23.1 Å². The highest BCUT2D eigenvalue weighted by molar-refractivity contribution is 8.00. The van der Waals surface area contributed by atoms with Gasteiger partial charge < -0.3 is 4.90 Å². The Morgan fingerprint density at radius 1 is 1.08 bits per heavy atom. The molecule has 0 fully saturated rings. The largest absolute Gasteiger partial charge is 0.311 e.